The molecule has 0 spiro atoms. The Hall–Kier alpha value is -3.28. The van der Waals surface area contributed by atoms with Gasteiger partial charge in [-0.05, 0) is 11.0 Å². The van der Waals surface area contributed by atoms with Gasteiger partial charge in [-0.15, -0.1) is 0 Å². The van der Waals surface area contributed by atoms with Gasteiger partial charge in [0.15, 0.2) is 5.75 Å². The summed E-state index contributed by atoms with van der Waals surface area (Å²) in [6.07, 6.45) is -1.65. The third-order valence-corrected chi connectivity index (χ3v) is 4.46. The SMILES string of the molecule is COC(=O)Oc1c2ccccc2c(OC(=O)OC)c2c(C(C)(C)C)cccc12. The lowest BCUT2D eigenvalue weighted by molar-refractivity contribution is 0.120. The van der Waals surface area contributed by atoms with Crippen LogP contribution >= 0.6 is 0 Å². The summed E-state index contributed by atoms with van der Waals surface area (Å²) in [6.45, 7) is 6.17. The molecule has 0 saturated heterocycles. The lowest BCUT2D eigenvalue weighted by Crippen LogP contribution is -2.15. The van der Waals surface area contributed by atoms with E-state index in [-0.39, 0.29) is 5.41 Å². The van der Waals surface area contributed by atoms with Crippen LogP contribution in [-0.4, -0.2) is 26.5 Å². The number of hydrogen-bond acceptors (Lipinski definition) is 6. The number of carbonyl (C=O) groups is 2. The van der Waals surface area contributed by atoms with E-state index in [0.717, 1.165) is 5.56 Å². The fourth-order valence-corrected chi connectivity index (χ4v) is 3.24. The van der Waals surface area contributed by atoms with Crippen molar-refractivity contribution in [1.29, 1.82) is 0 Å². The van der Waals surface area contributed by atoms with Crippen LogP contribution in [0.3, 0.4) is 0 Å². The number of ether oxygens (including phenoxy) is 4. The van der Waals surface area contributed by atoms with Gasteiger partial charge in [0, 0.05) is 21.5 Å². The molecular weight excluding hydrogens is 360 g/mol. The van der Waals surface area contributed by atoms with Gasteiger partial charge < -0.3 is 18.9 Å². The van der Waals surface area contributed by atoms with Crippen LogP contribution in [0.4, 0.5) is 9.59 Å². The molecule has 0 bridgehead atoms. The fourth-order valence-electron chi connectivity index (χ4n) is 3.24. The van der Waals surface area contributed by atoms with Crippen molar-refractivity contribution >= 4 is 33.9 Å². The number of hydrogen-bond donors (Lipinski definition) is 0. The van der Waals surface area contributed by atoms with Crippen LogP contribution in [0.15, 0.2) is 42.5 Å². The summed E-state index contributed by atoms with van der Waals surface area (Å²) in [6, 6.07) is 12.9. The molecular formula is C22H22O6. The van der Waals surface area contributed by atoms with E-state index in [1.54, 1.807) is 12.1 Å². The van der Waals surface area contributed by atoms with E-state index in [0.29, 0.717) is 33.0 Å². The number of methoxy groups -OCH3 is 2. The van der Waals surface area contributed by atoms with Gasteiger partial charge in [-0.3, -0.25) is 0 Å². The Labute approximate surface area is 162 Å². The van der Waals surface area contributed by atoms with Crippen LogP contribution in [0.5, 0.6) is 11.5 Å². The molecule has 0 aliphatic heterocycles. The first-order chi connectivity index (χ1) is 13.3. The van der Waals surface area contributed by atoms with Crippen molar-refractivity contribution in [1.82, 2.24) is 0 Å². The average molecular weight is 382 g/mol. The first-order valence-corrected chi connectivity index (χ1v) is 8.77. The molecule has 3 aromatic rings. The van der Waals surface area contributed by atoms with E-state index in [1.807, 2.05) is 30.3 Å². The summed E-state index contributed by atoms with van der Waals surface area (Å²) in [5, 5.41) is 2.55. The Bertz CT molecular complexity index is 1060. The molecule has 0 heterocycles. The third kappa shape index (κ3) is 3.45. The van der Waals surface area contributed by atoms with Gasteiger partial charge >= 0.3 is 12.3 Å². The van der Waals surface area contributed by atoms with Crippen LogP contribution < -0.4 is 9.47 Å². The number of carbonyl (C=O) groups excluding carboxylic acids is 2. The molecule has 6 nitrogen and oxygen atoms in total. The van der Waals surface area contributed by atoms with Crippen LogP contribution in [0, 0.1) is 0 Å². The van der Waals surface area contributed by atoms with Crippen molar-refractivity contribution < 1.29 is 28.5 Å². The molecule has 0 aliphatic carbocycles. The molecule has 0 aliphatic rings. The maximum Gasteiger partial charge on any atom is 0.513 e. The Kier molecular flexibility index (Phi) is 5.14. The van der Waals surface area contributed by atoms with Gasteiger partial charge in [0.1, 0.15) is 5.75 Å². The average Bonchev–Trinajstić information content (AvgIpc) is 2.68. The summed E-state index contributed by atoms with van der Waals surface area (Å²) in [4.78, 5) is 23.9. The highest BCUT2D eigenvalue weighted by atomic mass is 16.7. The molecule has 3 rings (SSSR count). The quantitative estimate of drug-likeness (QED) is 0.327. The molecule has 0 radical (unpaired) electrons. The van der Waals surface area contributed by atoms with E-state index in [2.05, 4.69) is 20.8 Å². The van der Waals surface area contributed by atoms with E-state index in [9.17, 15) is 9.59 Å². The van der Waals surface area contributed by atoms with Crippen LogP contribution in [-0.2, 0) is 14.9 Å². The van der Waals surface area contributed by atoms with Gasteiger partial charge in [0.2, 0.25) is 0 Å². The molecule has 0 aromatic heterocycles. The van der Waals surface area contributed by atoms with Crippen molar-refractivity contribution in [2.24, 2.45) is 0 Å². The maximum absolute atomic E-state index is 12.0. The van der Waals surface area contributed by atoms with Gasteiger partial charge in [-0.1, -0.05) is 63.2 Å². The molecule has 0 N–H and O–H groups in total. The van der Waals surface area contributed by atoms with Gasteiger partial charge in [0.25, 0.3) is 0 Å². The monoisotopic (exact) mass is 382 g/mol. The highest BCUT2D eigenvalue weighted by Crippen LogP contribution is 2.46. The molecule has 146 valence electrons. The van der Waals surface area contributed by atoms with Crippen LogP contribution in [0.25, 0.3) is 21.5 Å². The molecule has 0 atom stereocenters. The van der Waals surface area contributed by atoms with Crippen molar-refractivity contribution in [2.75, 3.05) is 14.2 Å². The molecule has 28 heavy (non-hydrogen) atoms. The topological polar surface area (TPSA) is 71.1 Å². The van der Waals surface area contributed by atoms with Crippen LogP contribution in [0.2, 0.25) is 0 Å². The predicted octanol–water partition coefficient (Wildman–Crippen LogP) is 5.58. The zero-order valence-electron chi connectivity index (χ0n) is 16.5. The number of rotatable bonds is 2. The molecule has 6 heteroatoms. The highest BCUT2D eigenvalue weighted by molar-refractivity contribution is 6.13. The van der Waals surface area contributed by atoms with Gasteiger partial charge in [0.05, 0.1) is 14.2 Å². The van der Waals surface area contributed by atoms with E-state index in [4.69, 9.17) is 18.9 Å². The standard InChI is InChI=1S/C22H22O6/c1-22(2,3)16-12-8-11-15-17(16)19(28-21(24)26-5)14-10-7-6-9-13(14)18(15)27-20(23)25-4/h6-12H,1-5H3. The molecule has 0 unspecified atom stereocenters. The number of fused-ring (bicyclic) bond motifs is 2. The fraction of sp³-hybridized carbons (Fsp3) is 0.273. The third-order valence-electron chi connectivity index (χ3n) is 4.46. The smallest absolute Gasteiger partial charge is 0.437 e. The second-order valence-electron chi connectivity index (χ2n) is 7.29. The van der Waals surface area contributed by atoms with E-state index in [1.165, 1.54) is 14.2 Å². The van der Waals surface area contributed by atoms with Crippen molar-refractivity contribution in [2.45, 2.75) is 26.2 Å². The Balaban J connectivity index is 2.51. The summed E-state index contributed by atoms with van der Waals surface area (Å²) in [7, 11) is 2.51. The first-order valence-electron chi connectivity index (χ1n) is 8.77. The molecule has 0 saturated carbocycles. The van der Waals surface area contributed by atoms with Crippen molar-refractivity contribution in [3.8, 4) is 11.5 Å². The predicted molar refractivity (Wildman–Crippen MR) is 106 cm³/mol. The first kappa shape index (κ1) is 19.5. The zero-order chi connectivity index (χ0) is 20.5. The number of benzene rings is 3. The summed E-state index contributed by atoms with van der Waals surface area (Å²) < 4.78 is 20.5. The zero-order valence-corrected chi connectivity index (χ0v) is 16.5. The van der Waals surface area contributed by atoms with Crippen molar-refractivity contribution in [3.05, 3.63) is 48.0 Å². The Morgan fingerprint density at radius 1 is 0.714 bits per heavy atom. The second kappa shape index (κ2) is 7.38. The molecule has 3 aromatic carbocycles. The second-order valence-corrected chi connectivity index (χ2v) is 7.29. The maximum atomic E-state index is 12.0. The largest absolute Gasteiger partial charge is 0.513 e. The van der Waals surface area contributed by atoms with Gasteiger partial charge in [-0.25, -0.2) is 9.59 Å². The molecule has 0 fully saturated rings. The molecule has 0 amide bonds. The lowest BCUT2D eigenvalue weighted by atomic mass is 9.82. The summed E-state index contributed by atoms with van der Waals surface area (Å²) >= 11 is 0. The van der Waals surface area contributed by atoms with Gasteiger partial charge in [-0.2, -0.15) is 0 Å². The minimum Gasteiger partial charge on any atom is -0.437 e. The van der Waals surface area contributed by atoms with Crippen molar-refractivity contribution in [3.63, 3.8) is 0 Å². The summed E-state index contributed by atoms with van der Waals surface area (Å²) in [5.74, 6) is 0.709. The Morgan fingerprint density at radius 3 is 1.75 bits per heavy atom. The van der Waals surface area contributed by atoms with Crippen LogP contribution in [0.1, 0.15) is 26.3 Å². The lowest BCUT2D eigenvalue weighted by Gasteiger charge is -2.24. The highest BCUT2D eigenvalue weighted by Gasteiger charge is 2.26. The summed E-state index contributed by atoms with van der Waals surface area (Å²) in [5.41, 5.74) is 0.669. The van der Waals surface area contributed by atoms with E-state index < -0.39 is 12.3 Å². The van der Waals surface area contributed by atoms with E-state index >= 15 is 0 Å². The minimum absolute atomic E-state index is 0.265. The normalized spacial score (nSPS) is 11.3. The Morgan fingerprint density at radius 2 is 1.21 bits per heavy atom. The minimum atomic E-state index is -0.825.